The molecule has 0 N–H and O–H groups in total. The number of aromatic nitrogens is 1. The first kappa shape index (κ1) is 25.8. The lowest BCUT2D eigenvalue weighted by Gasteiger charge is -2.28. The summed E-state index contributed by atoms with van der Waals surface area (Å²) in [6.45, 7) is 0. The highest BCUT2D eigenvalue weighted by molar-refractivity contribution is 6.03. The third kappa shape index (κ3) is 4.71. The van der Waals surface area contributed by atoms with Crippen LogP contribution in [0.15, 0.2) is 174 Å². The minimum absolute atomic E-state index is 0.617. The van der Waals surface area contributed by atoms with E-state index in [1.807, 2.05) is 24.3 Å². The molecular weight excluding hydrogens is 536 g/mol. The number of benzene rings is 7. The number of hydrogen-bond donors (Lipinski definition) is 0. The molecule has 1 heterocycles. The molecule has 8 aromatic rings. The average Bonchev–Trinajstić information content (AvgIpc) is 3.55. The predicted octanol–water partition coefficient (Wildman–Crippen LogP) is 11.5. The molecule has 0 amide bonds. The minimum Gasteiger partial charge on any atom is -0.435 e. The summed E-state index contributed by atoms with van der Waals surface area (Å²) in [5, 5.41) is 2.21. The van der Waals surface area contributed by atoms with Crippen molar-refractivity contribution >= 4 is 38.9 Å². The van der Waals surface area contributed by atoms with Crippen LogP contribution >= 0.6 is 0 Å². The lowest BCUT2D eigenvalue weighted by atomic mass is 10.0. The van der Waals surface area contributed by atoms with E-state index in [9.17, 15) is 0 Å². The van der Waals surface area contributed by atoms with Crippen molar-refractivity contribution in [3.63, 3.8) is 0 Å². The molecule has 7 aromatic carbocycles. The van der Waals surface area contributed by atoms with Crippen LogP contribution < -0.4 is 4.90 Å². The Morgan fingerprint density at radius 2 is 1.00 bits per heavy atom. The largest absolute Gasteiger partial charge is 0.435 e. The molecule has 0 spiro atoms. The number of fused-ring (bicyclic) bond motifs is 3. The van der Waals surface area contributed by atoms with Gasteiger partial charge in [0.05, 0.1) is 5.69 Å². The van der Waals surface area contributed by atoms with Crippen molar-refractivity contribution in [2.45, 2.75) is 0 Å². The summed E-state index contributed by atoms with van der Waals surface area (Å²) in [4.78, 5) is 7.16. The van der Waals surface area contributed by atoms with E-state index in [0.717, 1.165) is 50.1 Å². The van der Waals surface area contributed by atoms with Gasteiger partial charge < -0.3 is 9.32 Å². The van der Waals surface area contributed by atoms with Gasteiger partial charge in [0.2, 0.25) is 5.89 Å². The predicted molar refractivity (Wildman–Crippen MR) is 183 cm³/mol. The Hall–Kier alpha value is -5.93. The van der Waals surface area contributed by atoms with Crippen LogP contribution in [0.2, 0.25) is 0 Å². The maximum Gasteiger partial charge on any atom is 0.227 e. The van der Waals surface area contributed by atoms with Crippen LogP contribution in [0.4, 0.5) is 17.1 Å². The van der Waals surface area contributed by atoms with Gasteiger partial charge in [0, 0.05) is 27.9 Å². The van der Waals surface area contributed by atoms with Crippen molar-refractivity contribution in [3.8, 4) is 33.7 Å². The first-order valence-electron chi connectivity index (χ1n) is 14.8. The van der Waals surface area contributed by atoms with Gasteiger partial charge in [-0.25, -0.2) is 4.98 Å². The highest BCUT2D eigenvalue weighted by Gasteiger charge is 2.18. The van der Waals surface area contributed by atoms with Crippen LogP contribution in [0.3, 0.4) is 0 Å². The van der Waals surface area contributed by atoms with Gasteiger partial charge in [0.15, 0.2) is 5.58 Å². The van der Waals surface area contributed by atoms with Gasteiger partial charge >= 0.3 is 0 Å². The van der Waals surface area contributed by atoms with Crippen molar-refractivity contribution in [1.29, 1.82) is 0 Å². The number of nitrogens with zero attached hydrogens (tertiary/aromatic N) is 2. The third-order valence-corrected chi connectivity index (χ3v) is 8.11. The SMILES string of the molecule is c1ccc(-c2ccc(N(c3ccc(-c4nc5ccc6ccccc6c5o4)cc3)c3ccccc3-c3ccccc3)cc2)cc1. The quantitative estimate of drug-likeness (QED) is 0.201. The smallest absolute Gasteiger partial charge is 0.227 e. The van der Waals surface area contributed by atoms with Crippen molar-refractivity contribution in [3.05, 3.63) is 170 Å². The summed E-state index contributed by atoms with van der Waals surface area (Å²) in [5.74, 6) is 0.617. The monoisotopic (exact) mass is 564 g/mol. The first-order valence-corrected chi connectivity index (χ1v) is 14.8. The maximum atomic E-state index is 6.34. The zero-order valence-corrected chi connectivity index (χ0v) is 24.0. The standard InChI is InChI=1S/C41H28N2O/c1-3-11-29(12-4-1)30-19-24-34(25-20-30)43(39-18-10-9-16-36(39)31-13-5-2-6-14-31)35-26-21-33(22-27-35)41-42-38-28-23-32-15-7-8-17-37(32)40(38)44-41/h1-28H. The highest BCUT2D eigenvalue weighted by atomic mass is 16.3. The average molecular weight is 565 g/mol. The molecular formula is C41H28N2O. The molecule has 0 saturated heterocycles. The molecule has 0 aliphatic carbocycles. The van der Waals surface area contributed by atoms with Crippen LogP contribution in [0.5, 0.6) is 0 Å². The molecule has 0 unspecified atom stereocenters. The van der Waals surface area contributed by atoms with Crippen molar-refractivity contribution in [1.82, 2.24) is 4.98 Å². The van der Waals surface area contributed by atoms with Gasteiger partial charge in [0.1, 0.15) is 5.52 Å². The first-order chi connectivity index (χ1) is 21.8. The van der Waals surface area contributed by atoms with Crippen LogP contribution in [-0.4, -0.2) is 4.98 Å². The molecule has 0 bridgehead atoms. The zero-order valence-electron chi connectivity index (χ0n) is 24.0. The second-order valence-corrected chi connectivity index (χ2v) is 10.8. The van der Waals surface area contributed by atoms with Crippen LogP contribution in [0.25, 0.3) is 55.6 Å². The molecule has 208 valence electrons. The molecule has 0 atom stereocenters. The van der Waals surface area contributed by atoms with Gasteiger partial charge in [-0.3, -0.25) is 0 Å². The van der Waals surface area contributed by atoms with Crippen LogP contribution in [-0.2, 0) is 0 Å². The Bertz CT molecular complexity index is 2200. The molecule has 44 heavy (non-hydrogen) atoms. The Kier molecular flexibility index (Phi) is 6.47. The summed E-state index contributed by atoms with van der Waals surface area (Å²) < 4.78 is 6.34. The zero-order chi connectivity index (χ0) is 29.3. The van der Waals surface area contributed by atoms with Gasteiger partial charge in [-0.2, -0.15) is 0 Å². The normalized spacial score (nSPS) is 11.2. The third-order valence-electron chi connectivity index (χ3n) is 8.11. The molecule has 0 aliphatic rings. The lowest BCUT2D eigenvalue weighted by Crippen LogP contribution is -2.11. The van der Waals surface area contributed by atoms with Gasteiger partial charge in [-0.05, 0) is 70.6 Å². The number of rotatable bonds is 6. The molecule has 0 aliphatic heterocycles. The Labute approximate surface area is 256 Å². The van der Waals surface area contributed by atoms with Crippen molar-refractivity contribution < 1.29 is 4.42 Å². The van der Waals surface area contributed by atoms with Crippen LogP contribution in [0.1, 0.15) is 0 Å². The topological polar surface area (TPSA) is 29.3 Å². The van der Waals surface area contributed by atoms with E-state index in [1.54, 1.807) is 0 Å². The molecule has 3 nitrogen and oxygen atoms in total. The maximum absolute atomic E-state index is 6.34. The van der Waals surface area contributed by atoms with E-state index in [1.165, 1.54) is 16.7 Å². The van der Waals surface area contributed by atoms with E-state index in [-0.39, 0.29) is 0 Å². The molecule has 1 aromatic heterocycles. The Balaban J connectivity index is 1.23. The second kappa shape index (κ2) is 11.0. The van der Waals surface area contributed by atoms with E-state index in [4.69, 9.17) is 9.40 Å². The summed E-state index contributed by atoms with van der Waals surface area (Å²) in [6.07, 6.45) is 0. The van der Waals surface area contributed by atoms with E-state index in [0.29, 0.717) is 5.89 Å². The van der Waals surface area contributed by atoms with Crippen molar-refractivity contribution in [2.24, 2.45) is 0 Å². The lowest BCUT2D eigenvalue weighted by molar-refractivity contribution is 0.623. The number of hydrogen-bond acceptors (Lipinski definition) is 3. The molecule has 3 heteroatoms. The number of para-hydroxylation sites is 1. The van der Waals surface area contributed by atoms with E-state index >= 15 is 0 Å². The second-order valence-electron chi connectivity index (χ2n) is 10.8. The molecule has 0 saturated carbocycles. The molecule has 0 fully saturated rings. The van der Waals surface area contributed by atoms with E-state index in [2.05, 4.69) is 150 Å². The van der Waals surface area contributed by atoms with E-state index < -0.39 is 0 Å². The molecule has 0 radical (unpaired) electrons. The fraction of sp³-hybridized carbons (Fsp3) is 0. The van der Waals surface area contributed by atoms with Crippen LogP contribution in [0, 0.1) is 0 Å². The fourth-order valence-electron chi connectivity index (χ4n) is 5.92. The minimum atomic E-state index is 0.617. The van der Waals surface area contributed by atoms with Crippen molar-refractivity contribution in [2.75, 3.05) is 4.90 Å². The number of oxazole rings is 1. The number of anilines is 3. The fourth-order valence-corrected chi connectivity index (χ4v) is 5.92. The van der Waals surface area contributed by atoms with Gasteiger partial charge in [0.25, 0.3) is 0 Å². The summed E-state index contributed by atoms with van der Waals surface area (Å²) in [7, 11) is 0. The summed E-state index contributed by atoms with van der Waals surface area (Å²) in [5.41, 5.74) is 10.6. The Morgan fingerprint density at radius 1 is 0.432 bits per heavy atom. The molecule has 8 rings (SSSR count). The summed E-state index contributed by atoms with van der Waals surface area (Å²) >= 11 is 0. The highest BCUT2D eigenvalue weighted by Crippen LogP contribution is 2.42. The van der Waals surface area contributed by atoms with Gasteiger partial charge in [-0.15, -0.1) is 0 Å². The summed E-state index contributed by atoms with van der Waals surface area (Å²) in [6, 6.07) is 59.3. The van der Waals surface area contributed by atoms with Gasteiger partial charge in [-0.1, -0.05) is 121 Å². The Morgan fingerprint density at radius 3 is 1.73 bits per heavy atom.